The Hall–Kier alpha value is -2.18. The SMILES string of the molecule is CC(C)NC(=O)C(C)Nc1nccc(C(=O)O)c1F. The Kier molecular flexibility index (Phi) is 4.80. The molecule has 104 valence electrons. The molecule has 0 bridgehead atoms. The van der Waals surface area contributed by atoms with E-state index in [9.17, 15) is 14.0 Å². The molecule has 0 aliphatic heterocycles. The van der Waals surface area contributed by atoms with Gasteiger partial charge >= 0.3 is 5.97 Å². The van der Waals surface area contributed by atoms with Crippen LogP contribution in [0.15, 0.2) is 12.3 Å². The standard InChI is InChI=1S/C12H16FN3O3/c1-6(2)15-11(17)7(3)16-10-9(13)8(12(18)19)4-5-14-10/h4-7H,1-3H3,(H,14,16)(H,15,17)(H,18,19). The van der Waals surface area contributed by atoms with Gasteiger partial charge in [0.05, 0.1) is 0 Å². The minimum absolute atomic E-state index is 0.0417. The van der Waals surface area contributed by atoms with Gasteiger partial charge in [0.2, 0.25) is 5.91 Å². The van der Waals surface area contributed by atoms with Gasteiger partial charge in [-0.2, -0.15) is 0 Å². The van der Waals surface area contributed by atoms with Gasteiger partial charge in [-0.25, -0.2) is 14.2 Å². The molecule has 3 N–H and O–H groups in total. The lowest BCUT2D eigenvalue weighted by molar-refractivity contribution is -0.122. The van der Waals surface area contributed by atoms with E-state index in [-0.39, 0.29) is 17.8 Å². The van der Waals surface area contributed by atoms with Gasteiger partial charge in [-0.05, 0) is 26.8 Å². The molecule has 1 rings (SSSR count). The molecule has 0 fully saturated rings. The molecule has 1 heterocycles. The number of halogens is 1. The molecule has 0 radical (unpaired) electrons. The second kappa shape index (κ2) is 6.12. The Bertz CT molecular complexity index is 491. The summed E-state index contributed by atoms with van der Waals surface area (Å²) in [5.74, 6) is -2.95. The maximum absolute atomic E-state index is 13.8. The predicted molar refractivity (Wildman–Crippen MR) is 67.5 cm³/mol. The summed E-state index contributed by atoms with van der Waals surface area (Å²) in [7, 11) is 0. The molecule has 19 heavy (non-hydrogen) atoms. The highest BCUT2D eigenvalue weighted by molar-refractivity contribution is 5.89. The molecule has 0 saturated carbocycles. The van der Waals surface area contributed by atoms with Gasteiger partial charge in [0.25, 0.3) is 0 Å². The number of carbonyl (C=O) groups excluding carboxylic acids is 1. The number of aromatic nitrogens is 1. The van der Waals surface area contributed by atoms with E-state index in [2.05, 4.69) is 15.6 Å². The van der Waals surface area contributed by atoms with E-state index >= 15 is 0 Å². The fraction of sp³-hybridized carbons (Fsp3) is 0.417. The maximum Gasteiger partial charge on any atom is 0.338 e. The fourth-order valence-electron chi connectivity index (χ4n) is 1.39. The van der Waals surface area contributed by atoms with Crippen molar-refractivity contribution in [2.45, 2.75) is 32.9 Å². The second-order valence-corrected chi connectivity index (χ2v) is 4.36. The average Bonchev–Trinajstić information content (AvgIpc) is 2.30. The lowest BCUT2D eigenvalue weighted by Crippen LogP contribution is -2.41. The first-order valence-corrected chi connectivity index (χ1v) is 5.77. The zero-order valence-corrected chi connectivity index (χ0v) is 10.9. The van der Waals surface area contributed by atoms with Gasteiger partial charge in [-0.3, -0.25) is 4.79 Å². The summed E-state index contributed by atoms with van der Waals surface area (Å²) in [5, 5.41) is 14.0. The lowest BCUT2D eigenvalue weighted by Gasteiger charge is -2.17. The molecular formula is C12H16FN3O3. The molecular weight excluding hydrogens is 253 g/mol. The molecule has 1 aromatic rings. The van der Waals surface area contributed by atoms with Crippen molar-refractivity contribution in [2.75, 3.05) is 5.32 Å². The monoisotopic (exact) mass is 269 g/mol. The third-order valence-electron chi connectivity index (χ3n) is 2.30. The summed E-state index contributed by atoms with van der Waals surface area (Å²) in [4.78, 5) is 26.1. The summed E-state index contributed by atoms with van der Waals surface area (Å²) in [5.41, 5.74) is -0.492. The number of rotatable bonds is 5. The van der Waals surface area contributed by atoms with Crippen molar-refractivity contribution in [1.29, 1.82) is 0 Å². The highest BCUT2D eigenvalue weighted by atomic mass is 19.1. The van der Waals surface area contributed by atoms with Crippen LogP contribution in [-0.4, -0.2) is 34.1 Å². The van der Waals surface area contributed by atoms with E-state index in [1.165, 1.54) is 13.1 Å². The number of amides is 1. The summed E-state index contributed by atoms with van der Waals surface area (Å²) in [6.45, 7) is 5.13. The third-order valence-corrected chi connectivity index (χ3v) is 2.30. The normalized spacial score (nSPS) is 12.1. The van der Waals surface area contributed by atoms with Crippen molar-refractivity contribution in [3.63, 3.8) is 0 Å². The Morgan fingerprint density at radius 2 is 2.00 bits per heavy atom. The number of carboxylic acids is 1. The number of pyridine rings is 1. The number of hydrogen-bond acceptors (Lipinski definition) is 4. The first kappa shape index (κ1) is 14.9. The summed E-state index contributed by atoms with van der Waals surface area (Å²) >= 11 is 0. The van der Waals surface area contributed by atoms with Crippen LogP contribution in [0.3, 0.4) is 0 Å². The van der Waals surface area contributed by atoms with Crippen molar-refractivity contribution in [3.8, 4) is 0 Å². The summed E-state index contributed by atoms with van der Waals surface area (Å²) in [6, 6.07) is 0.287. The zero-order chi connectivity index (χ0) is 14.6. The number of nitrogens with one attached hydrogen (secondary N) is 2. The molecule has 7 heteroatoms. The van der Waals surface area contributed by atoms with E-state index in [0.717, 1.165) is 6.07 Å². The minimum atomic E-state index is -1.39. The Morgan fingerprint density at radius 1 is 1.37 bits per heavy atom. The van der Waals surface area contributed by atoms with Crippen LogP contribution in [0.25, 0.3) is 0 Å². The van der Waals surface area contributed by atoms with Crippen LogP contribution >= 0.6 is 0 Å². The van der Waals surface area contributed by atoms with Gasteiger partial charge < -0.3 is 15.7 Å². The predicted octanol–water partition coefficient (Wildman–Crippen LogP) is 1.24. The second-order valence-electron chi connectivity index (χ2n) is 4.36. The van der Waals surface area contributed by atoms with Gasteiger partial charge in [0.1, 0.15) is 11.6 Å². The van der Waals surface area contributed by atoms with Crippen LogP contribution in [0.4, 0.5) is 10.2 Å². The van der Waals surface area contributed by atoms with Crippen LogP contribution in [0.5, 0.6) is 0 Å². The van der Waals surface area contributed by atoms with E-state index in [4.69, 9.17) is 5.11 Å². The van der Waals surface area contributed by atoms with Crippen molar-refractivity contribution < 1.29 is 19.1 Å². The highest BCUT2D eigenvalue weighted by Gasteiger charge is 2.19. The van der Waals surface area contributed by atoms with Crippen LogP contribution < -0.4 is 10.6 Å². The van der Waals surface area contributed by atoms with Crippen molar-refractivity contribution in [1.82, 2.24) is 10.3 Å². The van der Waals surface area contributed by atoms with Crippen LogP contribution in [0, 0.1) is 5.82 Å². The van der Waals surface area contributed by atoms with Gasteiger partial charge in [-0.1, -0.05) is 0 Å². The van der Waals surface area contributed by atoms with Crippen molar-refractivity contribution in [3.05, 3.63) is 23.6 Å². The molecule has 1 unspecified atom stereocenters. The topological polar surface area (TPSA) is 91.3 Å². The Morgan fingerprint density at radius 3 is 2.53 bits per heavy atom. The van der Waals surface area contributed by atoms with Gasteiger partial charge in [0.15, 0.2) is 11.6 Å². The molecule has 1 amide bonds. The van der Waals surface area contributed by atoms with E-state index in [1.54, 1.807) is 13.8 Å². The number of carbonyl (C=O) groups is 2. The molecule has 0 aliphatic carbocycles. The lowest BCUT2D eigenvalue weighted by atomic mass is 10.2. The summed E-state index contributed by atoms with van der Waals surface area (Å²) < 4.78 is 13.8. The molecule has 1 atom stereocenters. The molecule has 6 nitrogen and oxygen atoms in total. The van der Waals surface area contributed by atoms with E-state index in [1.807, 2.05) is 0 Å². The van der Waals surface area contributed by atoms with E-state index in [0.29, 0.717) is 0 Å². The number of anilines is 1. The minimum Gasteiger partial charge on any atom is -0.478 e. The Labute approximate surface area is 110 Å². The van der Waals surface area contributed by atoms with Gasteiger partial charge in [-0.15, -0.1) is 0 Å². The largest absolute Gasteiger partial charge is 0.478 e. The molecule has 0 aromatic carbocycles. The molecule has 0 aliphatic rings. The first-order valence-electron chi connectivity index (χ1n) is 5.77. The van der Waals surface area contributed by atoms with Crippen LogP contribution in [-0.2, 0) is 4.79 Å². The third kappa shape index (κ3) is 3.90. The van der Waals surface area contributed by atoms with Gasteiger partial charge in [0, 0.05) is 12.2 Å². The average molecular weight is 269 g/mol. The number of nitrogens with zero attached hydrogens (tertiary/aromatic N) is 1. The van der Waals surface area contributed by atoms with Crippen LogP contribution in [0.2, 0.25) is 0 Å². The fourth-order valence-corrected chi connectivity index (χ4v) is 1.39. The quantitative estimate of drug-likeness (QED) is 0.748. The number of aromatic carboxylic acids is 1. The zero-order valence-electron chi connectivity index (χ0n) is 10.9. The maximum atomic E-state index is 13.8. The van der Waals surface area contributed by atoms with Crippen molar-refractivity contribution >= 4 is 17.7 Å². The van der Waals surface area contributed by atoms with Crippen LogP contribution in [0.1, 0.15) is 31.1 Å². The number of carboxylic acid groups (broad SMARTS) is 1. The summed E-state index contributed by atoms with van der Waals surface area (Å²) in [6.07, 6.45) is 1.17. The van der Waals surface area contributed by atoms with Crippen molar-refractivity contribution in [2.24, 2.45) is 0 Å². The highest BCUT2D eigenvalue weighted by Crippen LogP contribution is 2.15. The Balaban J connectivity index is 2.85. The number of hydrogen-bond donors (Lipinski definition) is 3. The first-order chi connectivity index (χ1) is 8.82. The molecule has 1 aromatic heterocycles. The molecule has 0 saturated heterocycles. The smallest absolute Gasteiger partial charge is 0.338 e. The molecule has 0 spiro atoms. The van der Waals surface area contributed by atoms with E-state index < -0.39 is 23.4 Å².